The third-order valence-corrected chi connectivity index (χ3v) is 6.49. The fourth-order valence-electron chi connectivity index (χ4n) is 5.00. The number of hydrogen-bond acceptors (Lipinski definition) is 2. The van der Waals surface area contributed by atoms with Gasteiger partial charge in [0, 0.05) is 5.56 Å². The van der Waals surface area contributed by atoms with E-state index in [9.17, 15) is 10.5 Å². The van der Waals surface area contributed by atoms with Gasteiger partial charge in [-0.15, -0.1) is 0 Å². The molecule has 0 amide bonds. The fraction of sp³-hybridized carbons (Fsp3) is 0.0303. The van der Waals surface area contributed by atoms with Gasteiger partial charge in [-0.05, 0) is 39.9 Å². The summed E-state index contributed by atoms with van der Waals surface area (Å²) >= 11 is 0. The highest BCUT2D eigenvalue weighted by molar-refractivity contribution is 5.77. The van der Waals surface area contributed by atoms with E-state index in [1.807, 2.05) is 97.1 Å². The minimum atomic E-state index is -0.800. The van der Waals surface area contributed by atoms with Crippen molar-refractivity contribution >= 4 is 0 Å². The number of hydrogen-bond donors (Lipinski definition) is 0. The van der Waals surface area contributed by atoms with E-state index in [0.29, 0.717) is 11.1 Å². The minimum Gasteiger partial charge on any atom is -0.192 e. The van der Waals surface area contributed by atoms with Crippen molar-refractivity contribution in [1.29, 1.82) is 10.5 Å². The van der Waals surface area contributed by atoms with E-state index < -0.39 is 5.41 Å². The molecule has 0 heterocycles. The molecule has 5 rings (SSSR count). The van der Waals surface area contributed by atoms with Crippen LogP contribution in [0.2, 0.25) is 0 Å². The van der Waals surface area contributed by atoms with Gasteiger partial charge in [-0.3, -0.25) is 0 Å². The Hall–Kier alpha value is -4.92. The maximum absolute atomic E-state index is 10.6. The Labute approximate surface area is 206 Å². The van der Waals surface area contributed by atoms with E-state index in [2.05, 4.69) is 48.5 Å². The van der Waals surface area contributed by atoms with Gasteiger partial charge < -0.3 is 0 Å². The first kappa shape index (κ1) is 21.9. The van der Waals surface area contributed by atoms with Crippen molar-refractivity contribution in [1.82, 2.24) is 0 Å². The van der Waals surface area contributed by atoms with E-state index in [4.69, 9.17) is 0 Å². The number of benzene rings is 5. The zero-order chi connectivity index (χ0) is 24.1. The highest BCUT2D eigenvalue weighted by Crippen LogP contribution is 2.48. The smallest absolute Gasteiger partial charge is 0.100 e. The largest absolute Gasteiger partial charge is 0.192 e. The predicted octanol–water partition coefficient (Wildman–Crippen LogP) is 7.48. The van der Waals surface area contributed by atoms with Gasteiger partial charge in [-0.1, -0.05) is 121 Å². The molecule has 0 fully saturated rings. The lowest BCUT2D eigenvalue weighted by molar-refractivity contribution is 0.742. The lowest BCUT2D eigenvalue weighted by Gasteiger charge is -2.38. The van der Waals surface area contributed by atoms with Crippen LogP contribution in [0.15, 0.2) is 133 Å². The Balaban J connectivity index is 2.00. The molecule has 0 aliphatic carbocycles. The average Bonchev–Trinajstić information content (AvgIpc) is 2.95. The van der Waals surface area contributed by atoms with Crippen molar-refractivity contribution in [3.8, 4) is 23.3 Å². The zero-order valence-corrected chi connectivity index (χ0v) is 19.1. The summed E-state index contributed by atoms with van der Waals surface area (Å²) in [5.41, 5.74) is 5.83. The summed E-state index contributed by atoms with van der Waals surface area (Å²) in [7, 11) is 0. The van der Waals surface area contributed by atoms with Crippen LogP contribution < -0.4 is 0 Å². The van der Waals surface area contributed by atoms with E-state index in [1.165, 1.54) is 0 Å². The summed E-state index contributed by atoms with van der Waals surface area (Å²) in [6.07, 6.45) is 0. The zero-order valence-electron chi connectivity index (χ0n) is 19.1. The predicted molar refractivity (Wildman–Crippen MR) is 140 cm³/mol. The summed E-state index contributed by atoms with van der Waals surface area (Å²) in [4.78, 5) is 0. The van der Waals surface area contributed by atoms with Crippen LogP contribution in [0, 0.1) is 22.7 Å². The molecule has 0 unspecified atom stereocenters. The second-order valence-corrected chi connectivity index (χ2v) is 8.38. The van der Waals surface area contributed by atoms with Gasteiger partial charge in [-0.2, -0.15) is 10.5 Å². The van der Waals surface area contributed by atoms with Crippen molar-refractivity contribution in [2.24, 2.45) is 0 Å². The van der Waals surface area contributed by atoms with Crippen LogP contribution in [-0.2, 0) is 5.41 Å². The summed E-state index contributed by atoms with van der Waals surface area (Å²) in [6, 6.07) is 49.1. The molecule has 5 aromatic rings. The Morgan fingerprint density at radius 1 is 0.486 bits per heavy atom. The number of nitriles is 2. The van der Waals surface area contributed by atoms with E-state index >= 15 is 0 Å². The Bertz CT molecular complexity index is 1430. The van der Waals surface area contributed by atoms with E-state index in [1.54, 1.807) is 0 Å². The van der Waals surface area contributed by atoms with Crippen LogP contribution in [-0.4, -0.2) is 0 Å². The molecule has 0 aliphatic rings. The molecule has 0 spiro atoms. The summed E-state index contributed by atoms with van der Waals surface area (Å²) in [6.45, 7) is 0. The van der Waals surface area contributed by atoms with Gasteiger partial charge in [0.25, 0.3) is 0 Å². The second-order valence-electron chi connectivity index (χ2n) is 8.38. The van der Waals surface area contributed by atoms with Gasteiger partial charge >= 0.3 is 0 Å². The number of nitrogens with zero attached hydrogens (tertiary/aromatic N) is 2. The molecule has 0 aliphatic heterocycles. The maximum atomic E-state index is 10.6. The maximum Gasteiger partial charge on any atom is 0.100 e. The molecule has 0 saturated carbocycles. The third-order valence-electron chi connectivity index (χ3n) is 6.49. The van der Waals surface area contributed by atoms with Crippen LogP contribution >= 0.6 is 0 Å². The van der Waals surface area contributed by atoms with Crippen molar-refractivity contribution in [3.05, 3.63) is 167 Å². The lowest BCUT2D eigenvalue weighted by atomic mass is 9.63. The van der Waals surface area contributed by atoms with Crippen molar-refractivity contribution in [2.75, 3.05) is 0 Å². The monoisotopic (exact) mass is 446 g/mol. The molecule has 0 N–H and O–H groups in total. The fourth-order valence-corrected chi connectivity index (χ4v) is 5.00. The first-order chi connectivity index (χ1) is 17.3. The lowest BCUT2D eigenvalue weighted by Crippen LogP contribution is -2.32. The first-order valence-electron chi connectivity index (χ1n) is 11.5. The molecule has 0 saturated heterocycles. The highest BCUT2D eigenvalue weighted by atomic mass is 14.4. The Kier molecular flexibility index (Phi) is 5.96. The molecule has 2 nitrogen and oxygen atoms in total. The van der Waals surface area contributed by atoms with Crippen LogP contribution in [0.4, 0.5) is 0 Å². The Morgan fingerprint density at radius 3 is 1.31 bits per heavy atom. The third kappa shape index (κ3) is 3.78. The minimum absolute atomic E-state index is 0.519. The molecular formula is C33H22N2. The van der Waals surface area contributed by atoms with E-state index in [-0.39, 0.29) is 0 Å². The average molecular weight is 447 g/mol. The molecule has 164 valence electrons. The van der Waals surface area contributed by atoms with Crippen molar-refractivity contribution in [3.63, 3.8) is 0 Å². The second kappa shape index (κ2) is 9.52. The van der Waals surface area contributed by atoms with Gasteiger partial charge in [-0.25, -0.2) is 0 Å². The molecule has 0 radical (unpaired) electrons. The SMILES string of the molecule is N#Cc1cc(-c2ccccc2)c(C#N)c(C(c2ccccc2)(c2ccccc2)c2ccccc2)c1. The van der Waals surface area contributed by atoms with Gasteiger partial charge in [0.15, 0.2) is 0 Å². The molecule has 0 aromatic heterocycles. The van der Waals surface area contributed by atoms with Gasteiger partial charge in [0.1, 0.15) is 6.07 Å². The topological polar surface area (TPSA) is 47.6 Å². The van der Waals surface area contributed by atoms with Crippen molar-refractivity contribution in [2.45, 2.75) is 5.41 Å². The molecule has 0 atom stereocenters. The molecule has 5 aromatic carbocycles. The van der Waals surface area contributed by atoms with Crippen LogP contribution in [0.5, 0.6) is 0 Å². The number of rotatable bonds is 5. The Morgan fingerprint density at radius 2 is 0.914 bits per heavy atom. The molecule has 2 heteroatoms. The standard InChI is InChI=1S/C33H22N2/c34-23-25-21-30(26-13-5-1-6-14-26)31(24-35)32(22-25)33(27-15-7-2-8-16-27,28-17-9-3-10-18-28)29-19-11-4-12-20-29/h1-22H. The van der Waals surface area contributed by atoms with Crippen LogP contribution in [0.3, 0.4) is 0 Å². The molecule has 35 heavy (non-hydrogen) atoms. The molecule has 0 bridgehead atoms. The molecular weight excluding hydrogens is 424 g/mol. The first-order valence-corrected chi connectivity index (χ1v) is 11.5. The quantitative estimate of drug-likeness (QED) is 0.263. The highest BCUT2D eigenvalue weighted by Gasteiger charge is 2.41. The van der Waals surface area contributed by atoms with Crippen molar-refractivity contribution < 1.29 is 0 Å². The summed E-state index contributed by atoms with van der Waals surface area (Å²) in [5, 5.41) is 20.6. The normalized spacial score (nSPS) is 10.8. The van der Waals surface area contributed by atoms with Crippen LogP contribution in [0.1, 0.15) is 33.4 Å². The summed E-state index contributed by atoms with van der Waals surface area (Å²) in [5.74, 6) is 0. The van der Waals surface area contributed by atoms with E-state index in [0.717, 1.165) is 33.4 Å². The van der Waals surface area contributed by atoms with Gasteiger partial charge in [0.2, 0.25) is 0 Å². The van der Waals surface area contributed by atoms with Gasteiger partial charge in [0.05, 0.1) is 22.6 Å². The summed E-state index contributed by atoms with van der Waals surface area (Å²) < 4.78 is 0. The van der Waals surface area contributed by atoms with Crippen LogP contribution in [0.25, 0.3) is 11.1 Å².